The smallest absolute Gasteiger partial charge is 0.419 e. The molecule has 0 bridgehead atoms. The van der Waals surface area contributed by atoms with Crippen LogP contribution in [-0.4, -0.2) is 47.9 Å². The Morgan fingerprint density at radius 3 is 2.06 bits per heavy atom. The van der Waals surface area contributed by atoms with E-state index in [1.807, 2.05) is 48.5 Å². The molecular weight excluding hydrogens is 453 g/mol. The summed E-state index contributed by atoms with van der Waals surface area (Å²) in [6, 6.07) is 11.7. The van der Waals surface area contributed by atoms with Crippen molar-refractivity contribution in [2.24, 2.45) is 0 Å². The van der Waals surface area contributed by atoms with Crippen LogP contribution in [0.2, 0.25) is 0 Å². The van der Waals surface area contributed by atoms with Crippen molar-refractivity contribution >= 4 is 18.0 Å². The lowest BCUT2D eigenvalue weighted by Crippen LogP contribution is -2.52. The van der Waals surface area contributed by atoms with Gasteiger partial charge in [0.05, 0.1) is 0 Å². The highest BCUT2D eigenvalue weighted by atomic mass is 19.4. The summed E-state index contributed by atoms with van der Waals surface area (Å²) in [5, 5.41) is 12.7. The third-order valence-corrected chi connectivity index (χ3v) is 5.61. The molecule has 3 rings (SSSR count). The Hall–Kier alpha value is -3.56. The number of carboxylic acid groups (broad SMARTS) is 1. The Bertz CT molecular complexity index is 1010. The molecular formula is C24H25F3N2O5. The molecule has 2 aromatic carbocycles. The predicted octanol–water partition coefficient (Wildman–Crippen LogP) is 4.22. The summed E-state index contributed by atoms with van der Waals surface area (Å²) >= 11 is 0. The first-order chi connectivity index (χ1) is 16.1. The molecule has 34 heavy (non-hydrogen) atoms. The maximum absolute atomic E-state index is 12.8. The minimum Gasteiger partial charge on any atom is -0.479 e. The first-order valence-electron chi connectivity index (χ1n) is 10.8. The number of alkyl carbamates (subject to hydrolysis) is 1. The molecule has 0 aromatic heterocycles. The fourth-order valence-electron chi connectivity index (χ4n) is 4.11. The zero-order chi connectivity index (χ0) is 24.9. The molecule has 0 spiro atoms. The molecule has 2 atom stereocenters. The third kappa shape index (κ3) is 5.86. The van der Waals surface area contributed by atoms with Crippen molar-refractivity contribution in [3.63, 3.8) is 0 Å². The van der Waals surface area contributed by atoms with Gasteiger partial charge in [0.15, 0.2) is 0 Å². The molecule has 3 N–H and O–H groups in total. The highest BCUT2D eigenvalue weighted by Gasteiger charge is 2.46. The molecule has 0 saturated carbocycles. The lowest BCUT2D eigenvalue weighted by atomic mass is 9.98. The maximum atomic E-state index is 12.8. The molecule has 7 nitrogen and oxygen atoms in total. The van der Waals surface area contributed by atoms with Crippen LogP contribution in [0.4, 0.5) is 18.0 Å². The summed E-state index contributed by atoms with van der Waals surface area (Å²) < 4.78 is 43.8. The van der Waals surface area contributed by atoms with Gasteiger partial charge in [-0.3, -0.25) is 4.79 Å². The molecule has 1 unspecified atom stereocenters. The second-order valence-corrected chi connectivity index (χ2v) is 8.04. The second-order valence-electron chi connectivity index (χ2n) is 8.04. The summed E-state index contributed by atoms with van der Waals surface area (Å²) in [7, 11) is 0. The number of hydrogen-bond acceptors (Lipinski definition) is 4. The summed E-state index contributed by atoms with van der Waals surface area (Å²) in [4.78, 5) is 35.3. The number of alkyl halides is 3. The Morgan fingerprint density at radius 2 is 1.56 bits per heavy atom. The lowest BCUT2D eigenvalue weighted by molar-refractivity contribution is -0.182. The van der Waals surface area contributed by atoms with E-state index in [0.29, 0.717) is 12.8 Å². The lowest BCUT2D eigenvalue weighted by Gasteiger charge is -2.21. The monoisotopic (exact) mass is 478 g/mol. The van der Waals surface area contributed by atoms with Crippen LogP contribution in [0.25, 0.3) is 11.1 Å². The Balaban J connectivity index is 1.60. The van der Waals surface area contributed by atoms with Crippen LogP contribution < -0.4 is 10.6 Å². The summed E-state index contributed by atoms with van der Waals surface area (Å²) in [5.41, 5.74) is 4.16. The largest absolute Gasteiger partial charge is 0.479 e. The average molecular weight is 478 g/mol. The van der Waals surface area contributed by atoms with E-state index in [9.17, 15) is 27.6 Å². The molecule has 0 saturated heterocycles. The number of carboxylic acids is 1. The summed E-state index contributed by atoms with van der Waals surface area (Å²) in [6.07, 6.45) is -5.64. The van der Waals surface area contributed by atoms with E-state index in [1.165, 1.54) is 5.32 Å². The molecule has 0 radical (unpaired) electrons. The van der Waals surface area contributed by atoms with Gasteiger partial charge in [0.1, 0.15) is 6.61 Å². The number of nitrogens with one attached hydrogen (secondary N) is 2. The van der Waals surface area contributed by atoms with Gasteiger partial charge in [-0.25, -0.2) is 9.59 Å². The van der Waals surface area contributed by atoms with E-state index in [4.69, 9.17) is 9.84 Å². The van der Waals surface area contributed by atoms with Gasteiger partial charge in [-0.2, -0.15) is 13.2 Å². The van der Waals surface area contributed by atoms with Crippen LogP contribution in [-0.2, 0) is 14.3 Å². The first-order valence-corrected chi connectivity index (χ1v) is 10.8. The van der Waals surface area contributed by atoms with E-state index in [2.05, 4.69) is 5.32 Å². The van der Waals surface area contributed by atoms with Gasteiger partial charge >= 0.3 is 18.2 Å². The van der Waals surface area contributed by atoms with E-state index in [1.54, 1.807) is 6.92 Å². The van der Waals surface area contributed by atoms with E-state index >= 15 is 0 Å². The van der Waals surface area contributed by atoms with E-state index < -0.39 is 42.7 Å². The number of carbonyl (C=O) groups is 3. The van der Waals surface area contributed by atoms with Crippen molar-refractivity contribution in [1.82, 2.24) is 10.6 Å². The number of halogens is 3. The zero-order valence-electron chi connectivity index (χ0n) is 18.4. The normalized spacial score (nSPS) is 14.5. The Labute approximate surface area is 194 Å². The number of benzene rings is 2. The van der Waals surface area contributed by atoms with E-state index in [-0.39, 0.29) is 12.5 Å². The van der Waals surface area contributed by atoms with Gasteiger partial charge in [-0.05, 0) is 28.7 Å². The summed E-state index contributed by atoms with van der Waals surface area (Å²) in [5.74, 6) is -3.52. The van der Waals surface area contributed by atoms with Crippen molar-refractivity contribution in [2.75, 3.05) is 6.61 Å². The molecule has 0 aliphatic heterocycles. The quantitative estimate of drug-likeness (QED) is 0.501. The van der Waals surface area contributed by atoms with E-state index in [0.717, 1.165) is 22.3 Å². The van der Waals surface area contributed by atoms with Crippen molar-refractivity contribution in [1.29, 1.82) is 0 Å². The number of aliphatic carboxylic acids is 1. The van der Waals surface area contributed by atoms with Gasteiger partial charge < -0.3 is 20.5 Å². The van der Waals surface area contributed by atoms with Crippen molar-refractivity contribution < 1.29 is 37.4 Å². The van der Waals surface area contributed by atoms with Crippen molar-refractivity contribution in [2.45, 2.75) is 50.4 Å². The second kappa shape index (κ2) is 10.6. The highest BCUT2D eigenvalue weighted by molar-refractivity contribution is 5.85. The standard InChI is InChI=1S/C24H25F3N2O5/c1-2-7-14(12-20(30)29-21(22(31)32)24(25,26)27)28-23(33)34-13-19-17-10-5-3-8-15(17)16-9-4-6-11-18(16)19/h3-6,8-11,14,19,21H,2,7,12-13H2,1H3,(H,28,33)(H,29,30)(H,31,32)/t14-,21?/m1/s1. The number of carbonyl (C=O) groups excluding carboxylic acids is 2. The fourth-order valence-corrected chi connectivity index (χ4v) is 4.11. The minimum atomic E-state index is -5.14. The van der Waals surface area contributed by atoms with Crippen LogP contribution >= 0.6 is 0 Å². The van der Waals surface area contributed by atoms with Gasteiger partial charge in [0, 0.05) is 18.4 Å². The zero-order valence-corrected chi connectivity index (χ0v) is 18.4. The number of ether oxygens (including phenoxy) is 1. The maximum Gasteiger partial charge on any atom is 0.419 e. The Kier molecular flexibility index (Phi) is 7.80. The van der Waals surface area contributed by atoms with Crippen LogP contribution in [0, 0.1) is 0 Å². The molecule has 182 valence electrons. The van der Waals surface area contributed by atoms with Crippen molar-refractivity contribution in [3.05, 3.63) is 59.7 Å². The minimum absolute atomic E-state index is 0.0417. The van der Waals surface area contributed by atoms with Crippen LogP contribution in [0.5, 0.6) is 0 Å². The van der Waals surface area contributed by atoms with Gasteiger partial charge in [0.2, 0.25) is 11.9 Å². The predicted molar refractivity (Wildman–Crippen MR) is 117 cm³/mol. The molecule has 1 aliphatic carbocycles. The average Bonchev–Trinajstić information content (AvgIpc) is 3.09. The topological polar surface area (TPSA) is 105 Å². The SMILES string of the molecule is CCC[C@H](CC(=O)NC(C(=O)O)C(F)(F)F)NC(=O)OCC1c2ccccc2-c2ccccc21. The van der Waals surface area contributed by atoms with Crippen LogP contribution in [0.3, 0.4) is 0 Å². The van der Waals surface area contributed by atoms with Crippen LogP contribution in [0.15, 0.2) is 48.5 Å². The number of rotatable bonds is 9. The van der Waals surface area contributed by atoms with Crippen molar-refractivity contribution in [3.8, 4) is 11.1 Å². The van der Waals surface area contributed by atoms with Crippen LogP contribution in [0.1, 0.15) is 43.2 Å². The summed E-state index contributed by atoms with van der Waals surface area (Å²) in [6.45, 7) is 1.82. The first kappa shape index (κ1) is 25.1. The van der Waals surface area contributed by atoms with Gasteiger partial charge in [-0.15, -0.1) is 0 Å². The Morgan fingerprint density at radius 1 is 1.00 bits per heavy atom. The van der Waals surface area contributed by atoms with Gasteiger partial charge in [0.25, 0.3) is 0 Å². The molecule has 10 heteroatoms. The molecule has 1 aliphatic rings. The molecule has 2 amide bonds. The highest BCUT2D eigenvalue weighted by Crippen LogP contribution is 2.44. The third-order valence-electron chi connectivity index (χ3n) is 5.61. The number of amides is 2. The molecule has 2 aromatic rings. The molecule has 0 fully saturated rings. The fraction of sp³-hybridized carbons (Fsp3) is 0.375. The number of fused-ring (bicyclic) bond motifs is 3. The number of hydrogen-bond donors (Lipinski definition) is 3. The van der Waals surface area contributed by atoms with Gasteiger partial charge in [-0.1, -0.05) is 61.9 Å². The molecule has 0 heterocycles.